The monoisotopic (exact) mass is 468 g/mol. The Labute approximate surface area is 208 Å². The van der Waals surface area contributed by atoms with Crippen LogP contribution in [0.5, 0.6) is 0 Å². The zero-order valence-electron chi connectivity index (χ0n) is 23.1. The average Bonchev–Trinajstić information content (AvgIpc) is 3.02. The number of Topliss-reactive ketones (excluding diaryl/α,β-unsaturated/α-hetero) is 1. The van der Waals surface area contributed by atoms with Gasteiger partial charge in [-0.3, -0.25) is 9.59 Å². The minimum Gasteiger partial charge on any atom is -0.432 e. The van der Waals surface area contributed by atoms with E-state index in [1.54, 1.807) is 5.57 Å². The van der Waals surface area contributed by atoms with Crippen molar-refractivity contribution in [3.63, 3.8) is 0 Å². The molecule has 3 saturated carbocycles. The lowest BCUT2D eigenvalue weighted by atomic mass is 9.41. The third-order valence-corrected chi connectivity index (χ3v) is 11.7. The van der Waals surface area contributed by atoms with Crippen LogP contribution in [0, 0.1) is 45.3 Å². The molecule has 0 spiro atoms. The number of allylic oxidation sites excluding steroid dienone is 4. The van der Waals surface area contributed by atoms with Crippen molar-refractivity contribution in [3.05, 3.63) is 23.5 Å². The maximum Gasteiger partial charge on any atom is 0.307 e. The van der Waals surface area contributed by atoms with E-state index >= 15 is 0 Å². The fraction of sp³-hybridized carbons (Fsp3) is 0.806. The van der Waals surface area contributed by atoms with Crippen molar-refractivity contribution in [1.29, 1.82) is 0 Å². The molecular weight excluding hydrogens is 420 g/mol. The third-order valence-electron chi connectivity index (χ3n) is 11.7. The Morgan fingerprint density at radius 3 is 2.50 bits per heavy atom. The van der Waals surface area contributed by atoms with Gasteiger partial charge in [0.15, 0.2) is 0 Å². The van der Waals surface area contributed by atoms with Gasteiger partial charge in [0.05, 0.1) is 0 Å². The first kappa shape index (κ1) is 25.7. The van der Waals surface area contributed by atoms with Crippen molar-refractivity contribution < 1.29 is 14.3 Å². The number of carbonyl (C=O) groups excluding carboxylic acids is 2. The second-order valence-electron chi connectivity index (χ2n) is 13.5. The normalized spacial score (nSPS) is 42.2. The van der Waals surface area contributed by atoms with Crippen LogP contribution in [0.15, 0.2) is 23.5 Å². The van der Waals surface area contributed by atoms with Gasteiger partial charge in [0.2, 0.25) is 0 Å². The molecule has 7 unspecified atom stereocenters. The van der Waals surface area contributed by atoms with Crippen LogP contribution in [0.3, 0.4) is 0 Å². The number of hydrogen-bond donors (Lipinski definition) is 0. The summed E-state index contributed by atoms with van der Waals surface area (Å²) in [5.41, 5.74) is 2.44. The molecule has 34 heavy (non-hydrogen) atoms. The Bertz CT molecular complexity index is 910. The van der Waals surface area contributed by atoms with Gasteiger partial charge < -0.3 is 4.74 Å². The van der Waals surface area contributed by atoms with E-state index < -0.39 is 0 Å². The summed E-state index contributed by atoms with van der Waals surface area (Å²) in [5.74, 6) is 3.48. The van der Waals surface area contributed by atoms with E-state index in [-0.39, 0.29) is 22.2 Å². The summed E-state index contributed by atoms with van der Waals surface area (Å²) in [5, 5.41) is 0. The van der Waals surface area contributed by atoms with Crippen molar-refractivity contribution >= 4 is 11.8 Å². The highest BCUT2D eigenvalue weighted by Crippen LogP contribution is 2.73. The maximum atomic E-state index is 12.8. The Balaban J connectivity index is 1.55. The van der Waals surface area contributed by atoms with Crippen molar-refractivity contribution in [2.24, 2.45) is 45.3 Å². The van der Waals surface area contributed by atoms with E-state index in [2.05, 4.69) is 53.7 Å². The zero-order valence-corrected chi connectivity index (χ0v) is 23.1. The molecule has 0 N–H and O–H groups in total. The summed E-state index contributed by atoms with van der Waals surface area (Å²) < 4.78 is 5.21. The first-order valence-electron chi connectivity index (χ1n) is 13.9. The van der Waals surface area contributed by atoms with Gasteiger partial charge in [-0.05, 0) is 104 Å². The summed E-state index contributed by atoms with van der Waals surface area (Å²) in [4.78, 5) is 24.0. The number of fused-ring (bicyclic) bond motifs is 5. The number of ketones is 1. The quantitative estimate of drug-likeness (QED) is 0.233. The fourth-order valence-electron chi connectivity index (χ4n) is 9.48. The molecule has 0 aromatic carbocycles. The second-order valence-corrected chi connectivity index (χ2v) is 13.5. The lowest BCUT2D eigenvalue weighted by Crippen LogP contribution is -2.57. The van der Waals surface area contributed by atoms with E-state index in [4.69, 9.17) is 4.74 Å². The van der Waals surface area contributed by atoms with Crippen LogP contribution in [-0.2, 0) is 14.3 Å². The van der Waals surface area contributed by atoms with Crippen LogP contribution in [0.2, 0.25) is 0 Å². The Kier molecular flexibility index (Phi) is 6.52. The minimum absolute atomic E-state index is 0.193. The number of hydrogen-bond acceptors (Lipinski definition) is 3. The summed E-state index contributed by atoms with van der Waals surface area (Å²) in [7, 11) is 0. The molecule has 0 amide bonds. The maximum absolute atomic E-state index is 12.8. The molecule has 0 aliphatic heterocycles. The van der Waals surface area contributed by atoms with E-state index in [9.17, 15) is 9.59 Å². The summed E-state index contributed by atoms with van der Waals surface area (Å²) in [6.45, 7) is 17.9. The highest BCUT2D eigenvalue weighted by molar-refractivity contribution is 5.85. The Morgan fingerprint density at radius 2 is 1.82 bits per heavy atom. The molecule has 4 aliphatic rings. The van der Waals surface area contributed by atoms with E-state index in [1.165, 1.54) is 32.6 Å². The summed E-state index contributed by atoms with van der Waals surface area (Å²) in [6, 6.07) is 0. The van der Waals surface area contributed by atoms with Crippen LogP contribution < -0.4 is 0 Å². The molecule has 7 atom stereocenters. The van der Waals surface area contributed by atoms with Gasteiger partial charge in [0, 0.05) is 18.8 Å². The molecule has 4 rings (SSSR count). The van der Waals surface area contributed by atoms with Crippen molar-refractivity contribution in [1.82, 2.24) is 0 Å². The van der Waals surface area contributed by atoms with Gasteiger partial charge in [-0.15, -0.1) is 0 Å². The molecule has 0 heterocycles. The second kappa shape index (κ2) is 8.63. The van der Waals surface area contributed by atoms with Crippen LogP contribution in [-0.4, -0.2) is 11.8 Å². The van der Waals surface area contributed by atoms with E-state index in [1.807, 2.05) is 6.92 Å². The predicted octanol–water partition coefficient (Wildman–Crippen LogP) is 8.04. The summed E-state index contributed by atoms with van der Waals surface area (Å²) >= 11 is 0. The van der Waals surface area contributed by atoms with Crippen LogP contribution >= 0.6 is 0 Å². The van der Waals surface area contributed by atoms with Crippen molar-refractivity contribution in [2.75, 3.05) is 0 Å². The molecule has 190 valence electrons. The first-order valence-corrected chi connectivity index (χ1v) is 13.9. The van der Waals surface area contributed by atoms with Gasteiger partial charge in [0.25, 0.3) is 0 Å². The van der Waals surface area contributed by atoms with Crippen molar-refractivity contribution in [2.45, 2.75) is 113 Å². The SMILES string of the molecule is CC(=O)OC(C)=CCCC(C)C1CCC2(C)C3=CCC4C(C)(C)C(=O)CCC4(C)C3CCC12C. The standard InChI is InChI=1S/C31H48O3/c1-20(10-9-11-21(2)34-22(3)32)23-14-18-31(8)25-12-13-26-28(4,5)27(33)16-17-29(26,6)24(25)15-19-30(23,31)7/h11-12,20,23-24,26H,9-10,13-19H2,1-8H3. The molecular formula is C31H48O3. The highest BCUT2D eigenvalue weighted by atomic mass is 16.5. The molecule has 0 aromatic rings. The molecule has 3 nitrogen and oxygen atoms in total. The highest BCUT2D eigenvalue weighted by Gasteiger charge is 2.65. The molecule has 3 fully saturated rings. The third kappa shape index (κ3) is 3.75. The smallest absolute Gasteiger partial charge is 0.307 e. The number of rotatable bonds is 5. The van der Waals surface area contributed by atoms with Gasteiger partial charge in [-0.2, -0.15) is 0 Å². The molecule has 0 bridgehead atoms. The molecule has 0 aromatic heterocycles. The van der Waals surface area contributed by atoms with Gasteiger partial charge in [0.1, 0.15) is 11.5 Å². The van der Waals surface area contributed by atoms with E-state index in [0.717, 1.165) is 43.8 Å². The Morgan fingerprint density at radius 1 is 1.12 bits per heavy atom. The molecule has 0 radical (unpaired) electrons. The van der Waals surface area contributed by atoms with Crippen LogP contribution in [0.25, 0.3) is 0 Å². The average molecular weight is 469 g/mol. The van der Waals surface area contributed by atoms with Crippen LogP contribution in [0.1, 0.15) is 113 Å². The van der Waals surface area contributed by atoms with Gasteiger partial charge in [-0.1, -0.05) is 53.2 Å². The number of esters is 1. The lowest BCUT2D eigenvalue weighted by Gasteiger charge is -2.63. The Hall–Kier alpha value is -1.38. The largest absolute Gasteiger partial charge is 0.432 e. The zero-order chi connectivity index (χ0) is 25.1. The predicted molar refractivity (Wildman–Crippen MR) is 138 cm³/mol. The number of carbonyl (C=O) groups is 2. The van der Waals surface area contributed by atoms with Crippen LogP contribution in [0.4, 0.5) is 0 Å². The first-order chi connectivity index (χ1) is 15.8. The lowest BCUT2D eigenvalue weighted by molar-refractivity contribution is -0.146. The summed E-state index contributed by atoms with van der Waals surface area (Å²) in [6.07, 6.45) is 14.9. The molecule has 0 saturated heterocycles. The topological polar surface area (TPSA) is 43.4 Å². The van der Waals surface area contributed by atoms with Gasteiger partial charge in [-0.25, -0.2) is 0 Å². The molecule has 3 heteroatoms. The van der Waals surface area contributed by atoms with E-state index in [0.29, 0.717) is 29.0 Å². The van der Waals surface area contributed by atoms with Crippen molar-refractivity contribution in [3.8, 4) is 0 Å². The fourth-order valence-corrected chi connectivity index (χ4v) is 9.48. The minimum atomic E-state index is -0.236. The molecule has 4 aliphatic carbocycles. The van der Waals surface area contributed by atoms with Gasteiger partial charge >= 0.3 is 5.97 Å². The number of ether oxygens (including phenoxy) is 1.